The van der Waals surface area contributed by atoms with E-state index in [4.69, 9.17) is 0 Å². The average molecular weight is 237 g/mol. The van der Waals surface area contributed by atoms with Crippen LogP contribution in [0.2, 0.25) is 0 Å². The number of hydrogen-bond acceptors (Lipinski definition) is 2. The monoisotopic (exact) mass is 237 g/mol. The average Bonchev–Trinajstić information content (AvgIpc) is 2.30. The molecule has 0 heterocycles. The van der Waals surface area contributed by atoms with Gasteiger partial charge in [-0.3, -0.25) is 4.79 Å². The van der Waals surface area contributed by atoms with Crippen molar-refractivity contribution in [3.8, 4) is 0 Å². The number of carbonyl (C=O) groups is 1. The van der Waals surface area contributed by atoms with Crippen LogP contribution in [0.15, 0.2) is 29.2 Å². The second kappa shape index (κ2) is 6.59. The van der Waals surface area contributed by atoms with Crippen LogP contribution in [0.5, 0.6) is 0 Å². The summed E-state index contributed by atoms with van der Waals surface area (Å²) in [5.74, 6) is 1.01. The molecule has 0 aromatic heterocycles. The maximum atomic E-state index is 12.0. The van der Waals surface area contributed by atoms with Crippen molar-refractivity contribution in [1.29, 1.82) is 0 Å². The molecule has 1 amide bonds. The normalized spacial score (nSPS) is 12.2. The summed E-state index contributed by atoms with van der Waals surface area (Å²) < 4.78 is 0. The van der Waals surface area contributed by atoms with Crippen molar-refractivity contribution in [2.75, 3.05) is 5.75 Å². The van der Waals surface area contributed by atoms with Gasteiger partial charge in [0, 0.05) is 10.9 Å². The Morgan fingerprint density at radius 2 is 2.06 bits per heavy atom. The zero-order valence-corrected chi connectivity index (χ0v) is 10.9. The summed E-state index contributed by atoms with van der Waals surface area (Å²) in [5, 5.41) is 2.99. The van der Waals surface area contributed by atoms with Gasteiger partial charge in [-0.05, 0) is 31.2 Å². The van der Waals surface area contributed by atoms with Crippen molar-refractivity contribution in [3.05, 3.63) is 29.8 Å². The minimum atomic E-state index is 0.0332. The lowest BCUT2D eigenvalue weighted by molar-refractivity contribution is 0.0936. The topological polar surface area (TPSA) is 29.1 Å². The van der Waals surface area contributed by atoms with Crippen LogP contribution in [0.3, 0.4) is 0 Å². The molecule has 1 atom stereocenters. The number of rotatable bonds is 5. The van der Waals surface area contributed by atoms with E-state index in [9.17, 15) is 4.79 Å². The molecule has 0 radical (unpaired) electrons. The predicted molar refractivity (Wildman–Crippen MR) is 70.1 cm³/mol. The van der Waals surface area contributed by atoms with E-state index in [0.717, 1.165) is 22.6 Å². The predicted octanol–water partition coefficient (Wildman–Crippen LogP) is 3.33. The van der Waals surface area contributed by atoms with Crippen LogP contribution in [-0.2, 0) is 0 Å². The van der Waals surface area contributed by atoms with Crippen LogP contribution in [0.25, 0.3) is 0 Å². The molecule has 1 rings (SSSR count). The lowest BCUT2D eigenvalue weighted by Crippen LogP contribution is -2.32. The van der Waals surface area contributed by atoms with Crippen LogP contribution in [0, 0.1) is 0 Å². The highest BCUT2D eigenvalue weighted by molar-refractivity contribution is 7.99. The Morgan fingerprint density at radius 3 is 2.69 bits per heavy atom. The first-order chi connectivity index (χ1) is 7.69. The number of thioether (sulfide) groups is 1. The molecular weight excluding hydrogens is 218 g/mol. The summed E-state index contributed by atoms with van der Waals surface area (Å²) in [6.45, 7) is 6.18. The number of carbonyl (C=O) groups excluding carboxylic acids is 1. The minimum Gasteiger partial charge on any atom is -0.350 e. The summed E-state index contributed by atoms with van der Waals surface area (Å²) >= 11 is 1.70. The molecule has 88 valence electrons. The van der Waals surface area contributed by atoms with Gasteiger partial charge in [0.05, 0.1) is 5.56 Å². The quantitative estimate of drug-likeness (QED) is 0.796. The maximum Gasteiger partial charge on any atom is 0.252 e. The molecule has 0 aliphatic carbocycles. The van der Waals surface area contributed by atoms with Crippen molar-refractivity contribution < 1.29 is 4.79 Å². The molecule has 0 fully saturated rings. The summed E-state index contributed by atoms with van der Waals surface area (Å²) in [4.78, 5) is 13.0. The Labute approximate surface area is 102 Å². The zero-order chi connectivity index (χ0) is 12.0. The van der Waals surface area contributed by atoms with E-state index in [2.05, 4.69) is 19.2 Å². The van der Waals surface area contributed by atoms with Gasteiger partial charge in [0.25, 0.3) is 5.91 Å². The van der Waals surface area contributed by atoms with Gasteiger partial charge in [-0.1, -0.05) is 26.0 Å². The summed E-state index contributed by atoms with van der Waals surface area (Å²) in [6, 6.07) is 7.99. The molecule has 1 aromatic carbocycles. The van der Waals surface area contributed by atoms with Gasteiger partial charge in [-0.15, -0.1) is 11.8 Å². The molecule has 1 unspecified atom stereocenters. The Morgan fingerprint density at radius 1 is 1.38 bits per heavy atom. The first kappa shape index (κ1) is 13.1. The van der Waals surface area contributed by atoms with E-state index in [0.29, 0.717) is 0 Å². The molecule has 0 bridgehead atoms. The molecule has 1 N–H and O–H groups in total. The highest BCUT2D eigenvalue weighted by Gasteiger charge is 2.12. The third-order valence-corrected chi connectivity index (χ3v) is 3.38. The van der Waals surface area contributed by atoms with E-state index in [1.165, 1.54) is 0 Å². The van der Waals surface area contributed by atoms with Crippen molar-refractivity contribution in [1.82, 2.24) is 5.32 Å². The number of benzene rings is 1. The summed E-state index contributed by atoms with van der Waals surface area (Å²) in [5.41, 5.74) is 0.787. The maximum absolute atomic E-state index is 12.0. The second-order valence-corrected chi connectivity index (χ2v) is 5.02. The van der Waals surface area contributed by atoms with Gasteiger partial charge in [0.2, 0.25) is 0 Å². The van der Waals surface area contributed by atoms with E-state index in [-0.39, 0.29) is 11.9 Å². The molecule has 0 aliphatic rings. The third kappa shape index (κ3) is 3.56. The molecule has 3 heteroatoms. The molecule has 0 aliphatic heterocycles. The van der Waals surface area contributed by atoms with Gasteiger partial charge < -0.3 is 5.32 Å². The van der Waals surface area contributed by atoms with Crippen molar-refractivity contribution in [2.45, 2.75) is 38.1 Å². The Bertz CT molecular complexity index is 352. The Hall–Kier alpha value is -0.960. The van der Waals surface area contributed by atoms with E-state index >= 15 is 0 Å². The fourth-order valence-corrected chi connectivity index (χ4v) is 2.14. The van der Waals surface area contributed by atoms with Crippen molar-refractivity contribution >= 4 is 17.7 Å². The van der Waals surface area contributed by atoms with E-state index < -0.39 is 0 Å². The van der Waals surface area contributed by atoms with Crippen molar-refractivity contribution in [3.63, 3.8) is 0 Å². The Kier molecular flexibility index (Phi) is 5.39. The highest BCUT2D eigenvalue weighted by Crippen LogP contribution is 2.22. The molecule has 16 heavy (non-hydrogen) atoms. The third-order valence-electron chi connectivity index (χ3n) is 2.42. The summed E-state index contributed by atoms with van der Waals surface area (Å²) in [7, 11) is 0. The molecule has 1 aromatic rings. The molecule has 2 nitrogen and oxygen atoms in total. The fraction of sp³-hybridized carbons (Fsp3) is 0.462. The first-order valence-electron chi connectivity index (χ1n) is 5.71. The van der Waals surface area contributed by atoms with Crippen molar-refractivity contribution in [2.24, 2.45) is 0 Å². The van der Waals surface area contributed by atoms with Crippen LogP contribution < -0.4 is 5.32 Å². The first-order valence-corrected chi connectivity index (χ1v) is 6.70. The van der Waals surface area contributed by atoms with Gasteiger partial charge >= 0.3 is 0 Å². The largest absolute Gasteiger partial charge is 0.350 e. The van der Waals surface area contributed by atoms with Gasteiger partial charge in [-0.25, -0.2) is 0 Å². The van der Waals surface area contributed by atoms with E-state index in [1.807, 2.05) is 31.2 Å². The number of amides is 1. The van der Waals surface area contributed by atoms with Crippen LogP contribution in [0.1, 0.15) is 37.6 Å². The fourth-order valence-electron chi connectivity index (χ4n) is 1.34. The molecular formula is C13H19NOS. The van der Waals surface area contributed by atoms with Crippen LogP contribution >= 0.6 is 11.8 Å². The van der Waals surface area contributed by atoms with Gasteiger partial charge in [-0.2, -0.15) is 0 Å². The lowest BCUT2D eigenvalue weighted by atomic mass is 10.2. The molecule has 0 saturated carbocycles. The molecule has 0 spiro atoms. The van der Waals surface area contributed by atoms with E-state index in [1.54, 1.807) is 11.8 Å². The zero-order valence-electron chi connectivity index (χ0n) is 10.1. The molecule has 0 saturated heterocycles. The highest BCUT2D eigenvalue weighted by atomic mass is 32.2. The Balaban J connectivity index is 2.81. The second-order valence-electron chi connectivity index (χ2n) is 3.71. The van der Waals surface area contributed by atoms with Gasteiger partial charge in [0.15, 0.2) is 0 Å². The standard InChI is InChI=1S/C13H19NOS/c1-4-10(3)14-13(15)11-8-6-7-9-12(11)16-5-2/h6-10H,4-5H2,1-3H3,(H,14,15). The van der Waals surface area contributed by atoms with Gasteiger partial charge in [0.1, 0.15) is 0 Å². The number of nitrogens with one attached hydrogen (secondary N) is 1. The lowest BCUT2D eigenvalue weighted by Gasteiger charge is -2.13. The number of hydrogen-bond donors (Lipinski definition) is 1. The smallest absolute Gasteiger partial charge is 0.252 e. The minimum absolute atomic E-state index is 0.0332. The van der Waals surface area contributed by atoms with Crippen LogP contribution in [0.4, 0.5) is 0 Å². The SMILES string of the molecule is CCSc1ccccc1C(=O)NC(C)CC. The summed E-state index contributed by atoms with van der Waals surface area (Å²) in [6.07, 6.45) is 0.953. The van der Waals surface area contributed by atoms with Crippen LogP contribution in [-0.4, -0.2) is 17.7 Å².